The lowest BCUT2D eigenvalue weighted by Gasteiger charge is -2.11. The second-order valence-corrected chi connectivity index (χ2v) is 6.60. The number of nitrogens with zero attached hydrogens (tertiary/aromatic N) is 2. The molecule has 2 aromatic heterocycles. The standard InChI is InChI=1S/C21H21N2/c1-13-9-14(2)15(3)18(10-13)20-6-5-17-19-12-22-8-7-16(19)11-21(17)23(20)4/h5-10,12H,11H2,1-4H3/q+1. The molecule has 0 radical (unpaired) electrons. The molecule has 1 aliphatic carbocycles. The van der Waals surface area contributed by atoms with Crippen molar-refractivity contribution in [3.63, 3.8) is 0 Å². The van der Waals surface area contributed by atoms with Gasteiger partial charge < -0.3 is 0 Å². The number of pyridine rings is 2. The molecule has 0 unspecified atom stereocenters. The van der Waals surface area contributed by atoms with Crippen LogP contribution in [0.3, 0.4) is 0 Å². The molecule has 2 nitrogen and oxygen atoms in total. The molecule has 0 amide bonds. The fourth-order valence-electron chi connectivity index (χ4n) is 3.73. The number of aryl methyl sites for hydroxylation is 2. The maximum absolute atomic E-state index is 4.29. The van der Waals surface area contributed by atoms with Crippen LogP contribution in [0.2, 0.25) is 0 Å². The Morgan fingerprint density at radius 2 is 1.78 bits per heavy atom. The highest BCUT2D eigenvalue weighted by molar-refractivity contribution is 5.75. The summed E-state index contributed by atoms with van der Waals surface area (Å²) in [7, 11) is 2.19. The zero-order valence-corrected chi connectivity index (χ0v) is 14.1. The molecule has 3 aromatic rings. The normalized spacial score (nSPS) is 12.2. The summed E-state index contributed by atoms with van der Waals surface area (Å²) < 4.78 is 2.36. The van der Waals surface area contributed by atoms with Crippen molar-refractivity contribution in [3.8, 4) is 22.4 Å². The SMILES string of the molecule is Cc1cc(C)c(C)c(-c2ccc3c([n+]2C)Cc2ccncc2-3)c1. The molecule has 1 aliphatic rings. The van der Waals surface area contributed by atoms with E-state index in [-0.39, 0.29) is 0 Å². The molecule has 0 bridgehead atoms. The quantitative estimate of drug-likeness (QED) is 0.484. The topological polar surface area (TPSA) is 16.8 Å². The van der Waals surface area contributed by atoms with Gasteiger partial charge >= 0.3 is 0 Å². The Balaban J connectivity index is 1.93. The molecule has 0 fully saturated rings. The Labute approximate surface area is 137 Å². The van der Waals surface area contributed by atoms with Crippen LogP contribution in [0, 0.1) is 20.8 Å². The van der Waals surface area contributed by atoms with E-state index >= 15 is 0 Å². The Hall–Kier alpha value is -2.48. The zero-order chi connectivity index (χ0) is 16.1. The minimum atomic E-state index is 0.987. The number of hydrogen-bond donors (Lipinski definition) is 0. The molecule has 0 saturated heterocycles. The van der Waals surface area contributed by atoms with E-state index < -0.39 is 0 Å². The number of rotatable bonds is 1. The van der Waals surface area contributed by atoms with Crippen molar-refractivity contribution in [2.45, 2.75) is 27.2 Å². The van der Waals surface area contributed by atoms with Crippen molar-refractivity contribution in [1.29, 1.82) is 0 Å². The third-order valence-electron chi connectivity index (χ3n) is 5.13. The molecular formula is C21H21N2+. The van der Waals surface area contributed by atoms with Crippen LogP contribution in [0.5, 0.6) is 0 Å². The average Bonchev–Trinajstić information content (AvgIpc) is 2.91. The number of hydrogen-bond acceptors (Lipinski definition) is 1. The molecular weight excluding hydrogens is 280 g/mol. The Morgan fingerprint density at radius 3 is 2.61 bits per heavy atom. The van der Waals surface area contributed by atoms with E-state index in [2.05, 4.69) is 67.7 Å². The first-order valence-electron chi connectivity index (χ1n) is 8.09. The first-order chi connectivity index (χ1) is 11.1. The highest BCUT2D eigenvalue weighted by Gasteiger charge is 2.28. The first-order valence-corrected chi connectivity index (χ1v) is 8.09. The average molecular weight is 301 g/mol. The summed E-state index contributed by atoms with van der Waals surface area (Å²) in [5.41, 5.74) is 12.0. The van der Waals surface area contributed by atoms with Gasteiger partial charge in [-0.3, -0.25) is 4.98 Å². The van der Waals surface area contributed by atoms with Crippen LogP contribution in [0.25, 0.3) is 22.4 Å². The fourth-order valence-corrected chi connectivity index (χ4v) is 3.73. The molecule has 0 N–H and O–H groups in total. The number of fused-ring (bicyclic) bond motifs is 3. The monoisotopic (exact) mass is 301 g/mol. The lowest BCUT2D eigenvalue weighted by molar-refractivity contribution is -0.666. The summed E-state index contributed by atoms with van der Waals surface area (Å²) in [5, 5.41) is 0. The first kappa shape index (κ1) is 14.1. The maximum atomic E-state index is 4.29. The van der Waals surface area contributed by atoms with Crippen LogP contribution < -0.4 is 4.57 Å². The summed E-state index contributed by atoms with van der Waals surface area (Å²) in [6.07, 6.45) is 4.87. The Kier molecular flexibility index (Phi) is 3.08. The van der Waals surface area contributed by atoms with Crippen LogP contribution in [0.4, 0.5) is 0 Å². The predicted octanol–water partition coefficient (Wildman–Crippen LogP) is 4.07. The maximum Gasteiger partial charge on any atom is 0.212 e. The lowest BCUT2D eigenvalue weighted by atomic mass is 9.96. The van der Waals surface area contributed by atoms with Gasteiger partial charge in [-0.1, -0.05) is 11.6 Å². The van der Waals surface area contributed by atoms with Gasteiger partial charge in [0.15, 0.2) is 5.69 Å². The highest BCUT2D eigenvalue weighted by Crippen LogP contribution is 2.35. The summed E-state index contributed by atoms with van der Waals surface area (Å²) in [6.45, 7) is 6.58. The highest BCUT2D eigenvalue weighted by atomic mass is 15.0. The van der Waals surface area contributed by atoms with E-state index in [0.29, 0.717) is 0 Å². The van der Waals surface area contributed by atoms with Crippen LogP contribution in [-0.4, -0.2) is 4.98 Å². The van der Waals surface area contributed by atoms with Gasteiger partial charge in [-0.05, 0) is 55.7 Å². The smallest absolute Gasteiger partial charge is 0.212 e. The third-order valence-corrected chi connectivity index (χ3v) is 5.13. The van der Waals surface area contributed by atoms with Gasteiger partial charge in [-0.2, -0.15) is 4.57 Å². The third kappa shape index (κ3) is 2.09. The molecule has 2 heterocycles. The molecule has 23 heavy (non-hydrogen) atoms. The van der Waals surface area contributed by atoms with E-state index in [1.807, 2.05) is 12.4 Å². The van der Waals surface area contributed by atoms with Gasteiger partial charge in [0, 0.05) is 29.6 Å². The second kappa shape index (κ2) is 5.02. The van der Waals surface area contributed by atoms with E-state index in [9.17, 15) is 0 Å². The van der Waals surface area contributed by atoms with E-state index in [1.165, 1.54) is 50.3 Å². The molecule has 0 atom stereocenters. The van der Waals surface area contributed by atoms with Crippen molar-refractivity contribution in [3.05, 3.63) is 70.7 Å². The number of aromatic nitrogens is 2. The molecule has 0 spiro atoms. The van der Waals surface area contributed by atoms with Crippen molar-refractivity contribution in [2.75, 3.05) is 0 Å². The van der Waals surface area contributed by atoms with Crippen LogP contribution in [0.15, 0.2) is 42.7 Å². The van der Waals surface area contributed by atoms with Gasteiger partial charge in [-0.25, -0.2) is 0 Å². The summed E-state index contributed by atoms with van der Waals surface area (Å²) in [5.74, 6) is 0. The van der Waals surface area contributed by atoms with Crippen LogP contribution in [-0.2, 0) is 13.5 Å². The Morgan fingerprint density at radius 1 is 0.957 bits per heavy atom. The lowest BCUT2D eigenvalue weighted by Crippen LogP contribution is -2.36. The number of benzene rings is 1. The minimum absolute atomic E-state index is 0.987. The zero-order valence-electron chi connectivity index (χ0n) is 14.1. The van der Waals surface area contributed by atoms with Gasteiger partial charge in [0.05, 0.1) is 12.0 Å². The predicted molar refractivity (Wildman–Crippen MR) is 93.3 cm³/mol. The van der Waals surface area contributed by atoms with Gasteiger partial charge in [0.2, 0.25) is 5.69 Å². The van der Waals surface area contributed by atoms with Crippen molar-refractivity contribution in [2.24, 2.45) is 7.05 Å². The molecule has 114 valence electrons. The van der Waals surface area contributed by atoms with Crippen molar-refractivity contribution in [1.82, 2.24) is 4.98 Å². The second-order valence-electron chi connectivity index (χ2n) is 6.60. The van der Waals surface area contributed by atoms with Crippen molar-refractivity contribution < 1.29 is 4.57 Å². The van der Waals surface area contributed by atoms with Crippen LogP contribution in [0.1, 0.15) is 27.9 Å². The largest absolute Gasteiger partial charge is 0.264 e. The summed E-state index contributed by atoms with van der Waals surface area (Å²) in [4.78, 5) is 4.29. The van der Waals surface area contributed by atoms with Gasteiger partial charge in [0.25, 0.3) is 0 Å². The van der Waals surface area contributed by atoms with Crippen molar-refractivity contribution >= 4 is 0 Å². The Bertz CT molecular complexity index is 939. The van der Waals surface area contributed by atoms with Gasteiger partial charge in [0.1, 0.15) is 7.05 Å². The van der Waals surface area contributed by atoms with E-state index in [0.717, 1.165) is 6.42 Å². The summed E-state index contributed by atoms with van der Waals surface area (Å²) in [6, 6.07) is 11.2. The minimum Gasteiger partial charge on any atom is -0.264 e. The van der Waals surface area contributed by atoms with E-state index in [1.54, 1.807) is 0 Å². The molecule has 1 aromatic carbocycles. The molecule has 4 rings (SSSR count). The van der Waals surface area contributed by atoms with E-state index in [4.69, 9.17) is 0 Å². The van der Waals surface area contributed by atoms with Gasteiger partial charge in [-0.15, -0.1) is 0 Å². The van der Waals surface area contributed by atoms with Crippen LogP contribution >= 0.6 is 0 Å². The molecule has 2 heteroatoms. The summed E-state index contributed by atoms with van der Waals surface area (Å²) >= 11 is 0. The fraction of sp³-hybridized carbons (Fsp3) is 0.238. The molecule has 0 aliphatic heterocycles. The molecule has 0 saturated carbocycles.